The summed E-state index contributed by atoms with van der Waals surface area (Å²) >= 11 is 0. The number of benzene rings is 2. The largest absolute Gasteiger partial charge is 0.493 e. The minimum absolute atomic E-state index is 0.208. The summed E-state index contributed by atoms with van der Waals surface area (Å²) in [6, 6.07) is 9.01. The van der Waals surface area contributed by atoms with Gasteiger partial charge in [-0.2, -0.15) is 5.10 Å². The molecule has 4 rings (SSSR count). The molecule has 8 nitrogen and oxygen atoms in total. The van der Waals surface area contributed by atoms with E-state index in [1.807, 2.05) is 30.3 Å². The Morgan fingerprint density at radius 2 is 1.75 bits per heavy atom. The van der Waals surface area contributed by atoms with Crippen LogP contribution in [0.2, 0.25) is 0 Å². The van der Waals surface area contributed by atoms with E-state index in [9.17, 15) is 4.79 Å². The third-order valence-electron chi connectivity index (χ3n) is 4.83. The summed E-state index contributed by atoms with van der Waals surface area (Å²) in [6.45, 7) is 0.208. The Morgan fingerprint density at radius 3 is 2.39 bits per heavy atom. The molecule has 8 heteroatoms. The number of hydrazone groups is 1. The summed E-state index contributed by atoms with van der Waals surface area (Å²) in [5.74, 6) is 2.93. The maximum absolute atomic E-state index is 11.7. The molecule has 1 atom stereocenters. The van der Waals surface area contributed by atoms with Gasteiger partial charge in [0.05, 0.1) is 33.1 Å². The van der Waals surface area contributed by atoms with Gasteiger partial charge in [0.1, 0.15) is 0 Å². The Morgan fingerprint density at radius 1 is 1.04 bits per heavy atom. The van der Waals surface area contributed by atoms with Crippen molar-refractivity contribution >= 4 is 12.1 Å². The molecule has 0 aromatic heterocycles. The van der Waals surface area contributed by atoms with E-state index in [1.54, 1.807) is 21.3 Å². The van der Waals surface area contributed by atoms with Crippen LogP contribution in [-0.4, -0.2) is 45.3 Å². The van der Waals surface area contributed by atoms with Gasteiger partial charge in [-0.05, 0) is 35.9 Å². The van der Waals surface area contributed by atoms with Gasteiger partial charge in [-0.15, -0.1) is 0 Å². The summed E-state index contributed by atoms with van der Waals surface area (Å²) in [7, 11) is 4.66. The molecule has 0 radical (unpaired) electrons. The fourth-order valence-electron chi connectivity index (χ4n) is 3.44. The van der Waals surface area contributed by atoms with E-state index >= 15 is 0 Å². The first-order chi connectivity index (χ1) is 13.7. The summed E-state index contributed by atoms with van der Waals surface area (Å²) in [5.41, 5.74) is 2.50. The molecule has 0 unspecified atom stereocenters. The summed E-state index contributed by atoms with van der Waals surface area (Å²) in [5, 5.41) is 5.89. The van der Waals surface area contributed by atoms with Crippen LogP contribution in [0.3, 0.4) is 0 Å². The number of nitrogens with zero attached hydrogens (tertiary/aromatic N) is 2. The van der Waals surface area contributed by atoms with E-state index in [0.29, 0.717) is 41.6 Å². The standard InChI is InChI=1S/C20H20N2O6/c1-24-18-7-13(8-19(25-2)20(18)26-3)15-9-14(21-22(15)10-23)12-4-5-16-17(6-12)28-11-27-16/h4-8,10,15H,9,11H2,1-3H3/t15-/m1/s1. The number of amides is 1. The average Bonchev–Trinajstić information content (AvgIpc) is 3.38. The first kappa shape index (κ1) is 18.0. The van der Waals surface area contributed by atoms with E-state index in [1.165, 1.54) is 5.01 Å². The first-order valence-electron chi connectivity index (χ1n) is 8.69. The highest BCUT2D eigenvalue weighted by molar-refractivity contribution is 6.03. The highest BCUT2D eigenvalue weighted by atomic mass is 16.7. The topological polar surface area (TPSA) is 78.8 Å². The van der Waals surface area contributed by atoms with Crippen molar-refractivity contribution in [1.29, 1.82) is 0 Å². The molecule has 2 aliphatic heterocycles. The third-order valence-corrected chi connectivity index (χ3v) is 4.83. The summed E-state index contributed by atoms with van der Waals surface area (Å²) in [4.78, 5) is 11.7. The van der Waals surface area contributed by atoms with Gasteiger partial charge < -0.3 is 23.7 Å². The van der Waals surface area contributed by atoms with Crippen LogP contribution < -0.4 is 23.7 Å². The number of carbonyl (C=O) groups is 1. The van der Waals surface area contributed by atoms with Crippen LogP contribution in [0, 0.1) is 0 Å². The normalized spacial score (nSPS) is 17.3. The molecule has 2 aromatic carbocycles. The maximum atomic E-state index is 11.7. The van der Waals surface area contributed by atoms with Gasteiger partial charge in [0.15, 0.2) is 23.0 Å². The number of fused-ring (bicyclic) bond motifs is 1. The fourth-order valence-corrected chi connectivity index (χ4v) is 3.44. The zero-order valence-electron chi connectivity index (χ0n) is 15.8. The second-order valence-corrected chi connectivity index (χ2v) is 6.28. The van der Waals surface area contributed by atoms with Crippen LogP contribution in [0.5, 0.6) is 28.7 Å². The Labute approximate surface area is 162 Å². The Kier molecular flexibility index (Phi) is 4.68. The molecular weight excluding hydrogens is 364 g/mol. The van der Waals surface area contributed by atoms with Gasteiger partial charge in [0, 0.05) is 12.0 Å². The molecule has 2 heterocycles. The van der Waals surface area contributed by atoms with Crippen LogP contribution in [0.4, 0.5) is 0 Å². The number of ether oxygens (including phenoxy) is 5. The molecule has 0 saturated heterocycles. The van der Waals surface area contributed by atoms with Crippen LogP contribution in [0.25, 0.3) is 0 Å². The molecule has 146 valence electrons. The minimum Gasteiger partial charge on any atom is -0.493 e. The highest BCUT2D eigenvalue weighted by Crippen LogP contribution is 2.43. The number of methoxy groups -OCH3 is 3. The molecule has 0 bridgehead atoms. The van der Waals surface area contributed by atoms with Crippen molar-refractivity contribution in [2.24, 2.45) is 5.10 Å². The van der Waals surface area contributed by atoms with Gasteiger partial charge in [-0.25, -0.2) is 5.01 Å². The summed E-state index contributed by atoms with van der Waals surface area (Å²) in [6.07, 6.45) is 1.25. The Balaban J connectivity index is 1.68. The highest BCUT2D eigenvalue weighted by Gasteiger charge is 2.31. The van der Waals surface area contributed by atoms with Gasteiger partial charge in [0.25, 0.3) is 0 Å². The lowest BCUT2D eigenvalue weighted by atomic mass is 9.97. The second kappa shape index (κ2) is 7.30. The smallest absolute Gasteiger partial charge is 0.231 e. The number of rotatable bonds is 6. The van der Waals surface area contributed by atoms with Crippen LogP contribution in [0.15, 0.2) is 35.4 Å². The van der Waals surface area contributed by atoms with Crippen molar-refractivity contribution in [1.82, 2.24) is 5.01 Å². The van der Waals surface area contributed by atoms with E-state index in [0.717, 1.165) is 16.8 Å². The molecule has 28 heavy (non-hydrogen) atoms. The van der Waals surface area contributed by atoms with Crippen LogP contribution in [-0.2, 0) is 4.79 Å². The van der Waals surface area contributed by atoms with E-state index < -0.39 is 0 Å². The van der Waals surface area contributed by atoms with Crippen LogP contribution >= 0.6 is 0 Å². The van der Waals surface area contributed by atoms with Crippen LogP contribution in [0.1, 0.15) is 23.6 Å². The summed E-state index contributed by atoms with van der Waals surface area (Å²) < 4.78 is 27.0. The predicted octanol–water partition coefficient (Wildman–Crippen LogP) is 2.75. The molecule has 0 N–H and O–H groups in total. The van der Waals surface area contributed by atoms with Crippen molar-refractivity contribution in [3.8, 4) is 28.7 Å². The number of carbonyl (C=O) groups excluding carboxylic acids is 1. The van der Waals surface area contributed by atoms with Crippen molar-refractivity contribution in [2.45, 2.75) is 12.5 Å². The molecule has 2 aliphatic rings. The van der Waals surface area contributed by atoms with Crippen molar-refractivity contribution in [2.75, 3.05) is 28.1 Å². The van der Waals surface area contributed by atoms with Gasteiger partial charge in [-0.3, -0.25) is 4.79 Å². The van der Waals surface area contributed by atoms with Gasteiger partial charge in [0.2, 0.25) is 19.0 Å². The Hall–Kier alpha value is -3.42. The second-order valence-electron chi connectivity index (χ2n) is 6.28. The molecule has 0 fully saturated rings. The first-order valence-corrected chi connectivity index (χ1v) is 8.69. The lowest BCUT2D eigenvalue weighted by Gasteiger charge is -2.20. The lowest BCUT2D eigenvalue weighted by molar-refractivity contribution is -0.119. The van der Waals surface area contributed by atoms with E-state index in [-0.39, 0.29) is 12.8 Å². The Bertz CT molecular complexity index is 917. The quantitative estimate of drug-likeness (QED) is 0.713. The number of hydrogen-bond donors (Lipinski definition) is 0. The molecule has 1 amide bonds. The SMILES string of the molecule is COc1cc([C@H]2CC(c3ccc4c(c3)OCO4)=NN2C=O)cc(OC)c1OC. The zero-order chi connectivity index (χ0) is 19.7. The van der Waals surface area contributed by atoms with Crippen molar-refractivity contribution in [3.05, 3.63) is 41.5 Å². The molecule has 0 spiro atoms. The van der Waals surface area contributed by atoms with E-state index in [4.69, 9.17) is 23.7 Å². The fraction of sp³-hybridized carbons (Fsp3) is 0.300. The molecular formula is C20H20N2O6. The monoisotopic (exact) mass is 384 g/mol. The maximum Gasteiger partial charge on any atom is 0.231 e. The number of hydrogen-bond acceptors (Lipinski definition) is 7. The van der Waals surface area contributed by atoms with Crippen molar-refractivity contribution < 1.29 is 28.5 Å². The molecule has 0 aliphatic carbocycles. The molecule has 0 saturated carbocycles. The van der Waals surface area contributed by atoms with Crippen molar-refractivity contribution in [3.63, 3.8) is 0 Å². The zero-order valence-corrected chi connectivity index (χ0v) is 15.8. The predicted molar refractivity (Wildman–Crippen MR) is 100 cm³/mol. The lowest BCUT2D eigenvalue weighted by Crippen LogP contribution is -2.17. The van der Waals surface area contributed by atoms with E-state index in [2.05, 4.69) is 5.10 Å². The van der Waals surface area contributed by atoms with Gasteiger partial charge in [-0.1, -0.05) is 0 Å². The average molecular weight is 384 g/mol. The molecule has 2 aromatic rings. The van der Waals surface area contributed by atoms with Gasteiger partial charge >= 0.3 is 0 Å². The third kappa shape index (κ3) is 2.96. The minimum atomic E-state index is -0.286.